The second kappa shape index (κ2) is 4.55. The number of likely N-dealkylation sites (N-methyl/N-ethyl adjacent to an activating group) is 1. The Hall–Kier alpha value is -0.900. The third-order valence-electron chi connectivity index (χ3n) is 2.87. The lowest BCUT2D eigenvalue weighted by molar-refractivity contribution is 0.565. The largest absolute Gasteiger partial charge is 0.318 e. The zero-order chi connectivity index (χ0) is 9.80. The number of nitrogens with one attached hydrogen (secondary N) is 1. The molecule has 78 valence electrons. The lowest BCUT2D eigenvalue weighted by atomic mass is 10.1. The van der Waals surface area contributed by atoms with E-state index in [1.807, 2.05) is 18.1 Å². The molecular formula is C10H18N4. The highest BCUT2D eigenvalue weighted by Gasteiger charge is 2.20. The molecular weight excluding hydrogens is 176 g/mol. The van der Waals surface area contributed by atoms with E-state index in [0.717, 1.165) is 18.9 Å². The van der Waals surface area contributed by atoms with Crippen LogP contribution in [0, 0.1) is 0 Å². The van der Waals surface area contributed by atoms with Gasteiger partial charge in [0.15, 0.2) is 5.82 Å². The van der Waals surface area contributed by atoms with Gasteiger partial charge in [0, 0.05) is 12.5 Å². The first kappa shape index (κ1) is 9.65. The molecule has 1 aliphatic rings. The smallest absolute Gasteiger partial charge is 0.153 e. The number of hydrogen-bond acceptors (Lipinski definition) is 3. The van der Waals surface area contributed by atoms with Crippen molar-refractivity contribution in [2.75, 3.05) is 13.6 Å². The maximum Gasteiger partial charge on any atom is 0.153 e. The van der Waals surface area contributed by atoms with Crippen LogP contribution in [0.15, 0.2) is 6.33 Å². The Morgan fingerprint density at radius 1 is 1.50 bits per heavy atom. The Morgan fingerprint density at radius 2 is 2.29 bits per heavy atom. The molecule has 0 unspecified atom stereocenters. The van der Waals surface area contributed by atoms with Gasteiger partial charge in [-0.3, -0.25) is 4.68 Å². The van der Waals surface area contributed by atoms with Gasteiger partial charge in [-0.1, -0.05) is 12.8 Å². The van der Waals surface area contributed by atoms with E-state index in [9.17, 15) is 0 Å². The van der Waals surface area contributed by atoms with Crippen LogP contribution in [0.1, 0.15) is 37.4 Å². The maximum absolute atomic E-state index is 4.50. The molecule has 0 amide bonds. The monoisotopic (exact) mass is 194 g/mol. The van der Waals surface area contributed by atoms with Crippen LogP contribution in [0.2, 0.25) is 0 Å². The van der Waals surface area contributed by atoms with Crippen LogP contribution in [0.25, 0.3) is 0 Å². The van der Waals surface area contributed by atoms with Crippen LogP contribution in [-0.4, -0.2) is 28.4 Å². The summed E-state index contributed by atoms with van der Waals surface area (Å²) in [7, 11) is 1.95. The van der Waals surface area contributed by atoms with Gasteiger partial charge in [0.2, 0.25) is 0 Å². The second-order valence-corrected chi connectivity index (χ2v) is 3.95. The number of aromatic nitrogens is 3. The molecule has 1 aromatic rings. The van der Waals surface area contributed by atoms with Gasteiger partial charge in [-0.25, -0.2) is 4.98 Å². The average molecular weight is 194 g/mol. The second-order valence-electron chi connectivity index (χ2n) is 3.95. The van der Waals surface area contributed by atoms with E-state index < -0.39 is 0 Å². The Kier molecular flexibility index (Phi) is 3.14. The van der Waals surface area contributed by atoms with Gasteiger partial charge in [-0.15, -0.1) is 0 Å². The quantitative estimate of drug-likeness (QED) is 0.782. The first-order valence-electron chi connectivity index (χ1n) is 5.44. The van der Waals surface area contributed by atoms with E-state index in [1.165, 1.54) is 25.7 Å². The summed E-state index contributed by atoms with van der Waals surface area (Å²) in [6, 6.07) is 0. The number of hydrogen-bond donors (Lipinski definition) is 1. The molecule has 0 aromatic carbocycles. The topological polar surface area (TPSA) is 42.7 Å². The van der Waals surface area contributed by atoms with E-state index in [0.29, 0.717) is 5.92 Å². The van der Waals surface area contributed by atoms with Crippen molar-refractivity contribution in [1.82, 2.24) is 20.1 Å². The first-order valence-corrected chi connectivity index (χ1v) is 5.44. The van der Waals surface area contributed by atoms with Gasteiger partial charge in [0.25, 0.3) is 0 Å². The molecule has 0 bridgehead atoms. The molecule has 2 rings (SSSR count). The Morgan fingerprint density at radius 3 is 3.00 bits per heavy atom. The van der Waals surface area contributed by atoms with Crippen LogP contribution in [-0.2, 0) is 6.54 Å². The molecule has 0 radical (unpaired) electrons. The van der Waals surface area contributed by atoms with E-state index in [-0.39, 0.29) is 0 Å². The van der Waals surface area contributed by atoms with Crippen molar-refractivity contribution < 1.29 is 0 Å². The standard InChI is InChI=1S/C10H18N4/c1-11-6-7-14-8-12-10(13-14)9-4-2-3-5-9/h8-9,11H,2-7H2,1H3. The molecule has 4 nitrogen and oxygen atoms in total. The maximum atomic E-state index is 4.50. The van der Waals surface area contributed by atoms with Crippen molar-refractivity contribution in [2.45, 2.75) is 38.1 Å². The van der Waals surface area contributed by atoms with Crippen LogP contribution < -0.4 is 5.32 Å². The van der Waals surface area contributed by atoms with Crippen molar-refractivity contribution in [1.29, 1.82) is 0 Å². The Bertz CT molecular complexity index is 275. The highest BCUT2D eigenvalue weighted by atomic mass is 15.3. The molecule has 1 saturated carbocycles. The van der Waals surface area contributed by atoms with Gasteiger partial charge in [0.05, 0.1) is 6.54 Å². The predicted octanol–water partition coefficient (Wildman–Crippen LogP) is 1.16. The summed E-state index contributed by atoms with van der Waals surface area (Å²) in [5, 5.41) is 7.60. The van der Waals surface area contributed by atoms with Crippen LogP contribution in [0.4, 0.5) is 0 Å². The van der Waals surface area contributed by atoms with Crippen molar-refractivity contribution >= 4 is 0 Å². The minimum atomic E-state index is 0.630. The number of nitrogens with zero attached hydrogens (tertiary/aromatic N) is 3. The van der Waals surface area contributed by atoms with E-state index in [1.54, 1.807) is 0 Å². The zero-order valence-electron chi connectivity index (χ0n) is 8.74. The Labute approximate surface area is 84.7 Å². The Balaban J connectivity index is 1.94. The molecule has 1 N–H and O–H groups in total. The SMILES string of the molecule is CNCCn1cnc(C2CCCC2)n1. The third kappa shape index (κ3) is 2.12. The van der Waals surface area contributed by atoms with Crippen molar-refractivity contribution in [3.8, 4) is 0 Å². The van der Waals surface area contributed by atoms with Gasteiger partial charge in [0.1, 0.15) is 6.33 Å². The van der Waals surface area contributed by atoms with Gasteiger partial charge in [-0.2, -0.15) is 5.10 Å². The molecule has 0 saturated heterocycles. The van der Waals surface area contributed by atoms with Gasteiger partial charge >= 0.3 is 0 Å². The summed E-state index contributed by atoms with van der Waals surface area (Å²) in [6.45, 7) is 1.86. The van der Waals surface area contributed by atoms with E-state index in [4.69, 9.17) is 0 Å². The van der Waals surface area contributed by atoms with Gasteiger partial charge in [-0.05, 0) is 19.9 Å². The highest BCUT2D eigenvalue weighted by Crippen LogP contribution is 2.31. The summed E-state index contributed by atoms with van der Waals surface area (Å²) in [6.07, 6.45) is 7.09. The summed E-state index contributed by atoms with van der Waals surface area (Å²) in [4.78, 5) is 4.38. The highest BCUT2D eigenvalue weighted by molar-refractivity contribution is 4.96. The molecule has 1 fully saturated rings. The lowest BCUT2D eigenvalue weighted by Crippen LogP contribution is -2.15. The van der Waals surface area contributed by atoms with Crippen LogP contribution in [0.3, 0.4) is 0 Å². The average Bonchev–Trinajstić information content (AvgIpc) is 2.85. The summed E-state index contributed by atoms with van der Waals surface area (Å²) in [5.74, 6) is 1.68. The number of rotatable bonds is 4. The molecule has 0 aliphatic heterocycles. The molecule has 14 heavy (non-hydrogen) atoms. The molecule has 1 heterocycles. The predicted molar refractivity (Wildman–Crippen MR) is 55.2 cm³/mol. The third-order valence-corrected chi connectivity index (χ3v) is 2.87. The minimum absolute atomic E-state index is 0.630. The van der Waals surface area contributed by atoms with Crippen molar-refractivity contribution in [3.05, 3.63) is 12.2 Å². The first-order chi connectivity index (χ1) is 6.90. The fourth-order valence-electron chi connectivity index (χ4n) is 2.01. The lowest BCUT2D eigenvalue weighted by Gasteiger charge is -2.02. The zero-order valence-corrected chi connectivity index (χ0v) is 8.74. The van der Waals surface area contributed by atoms with E-state index in [2.05, 4.69) is 15.4 Å². The van der Waals surface area contributed by atoms with Gasteiger partial charge < -0.3 is 5.32 Å². The van der Waals surface area contributed by atoms with Crippen molar-refractivity contribution in [3.63, 3.8) is 0 Å². The van der Waals surface area contributed by atoms with Crippen molar-refractivity contribution in [2.24, 2.45) is 0 Å². The van der Waals surface area contributed by atoms with Crippen LogP contribution >= 0.6 is 0 Å². The molecule has 0 spiro atoms. The van der Waals surface area contributed by atoms with E-state index >= 15 is 0 Å². The fourth-order valence-corrected chi connectivity index (χ4v) is 2.01. The van der Waals surface area contributed by atoms with Crippen LogP contribution in [0.5, 0.6) is 0 Å². The normalized spacial score (nSPS) is 17.8. The molecule has 0 atom stereocenters. The summed E-state index contributed by atoms with van der Waals surface area (Å²) >= 11 is 0. The minimum Gasteiger partial charge on any atom is -0.318 e. The fraction of sp³-hybridized carbons (Fsp3) is 0.800. The molecule has 1 aliphatic carbocycles. The summed E-state index contributed by atoms with van der Waals surface area (Å²) < 4.78 is 1.93. The molecule has 1 aromatic heterocycles. The summed E-state index contributed by atoms with van der Waals surface area (Å²) in [5.41, 5.74) is 0. The molecule has 4 heteroatoms.